The second kappa shape index (κ2) is 13.4. The second-order valence-electron chi connectivity index (χ2n) is 17.0. The summed E-state index contributed by atoms with van der Waals surface area (Å²) in [6.45, 7) is 0. The molecule has 3 aromatic heterocycles. The number of ether oxygens (including phenoxy) is 2. The summed E-state index contributed by atoms with van der Waals surface area (Å²) in [7, 11) is 3.45. The Hall–Kier alpha value is -7.70. The van der Waals surface area contributed by atoms with E-state index in [2.05, 4.69) is 162 Å². The molecule has 296 valence electrons. The minimum absolute atomic E-state index is 0.0494. The van der Waals surface area contributed by atoms with Crippen molar-refractivity contribution in [2.45, 2.75) is 23.7 Å². The van der Waals surface area contributed by atoms with Crippen molar-refractivity contribution in [1.29, 1.82) is 0 Å². The Labute approximate surface area is 358 Å². The van der Waals surface area contributed by atoms with Gasteiger partial charge in [-0.3, -0.25) is 4.98 Å². The molecule has 6 nitrogen and oxygen atoms in total. The third-order valence-corrected chi connectivity index (χ3v) is 13.7. The van der Waals surface area contributed by atoms with Crippen molar-refractivity contribution in [3.63, 3.8) is 0 Å². The van der Waals surface area contributed by atoms with Crippen LogP contribution in [0, 0.1) is 0 Å². The second-order valence-corrected chi connectivity index (χ2v) is 17.0. The van der Waals surface area contributed by atoms with Crippen molar-refractivity contribution in [3.8, 4) is 33.8 Å². The van der Waals surface area contributed by atoms with Gasteiger partial charge < -0.3 is 19.4 Å². The summed E-state index contributed by atoms with van der Waals surface area (Å²) in [5, 5.41) is 5.07. The van der Waals surface area contributed by atoms with E-state index >= 15 is 0 Å². The smallest absolute Gasteiger partial charge is 0.119 e. The van der Waals surface area contributed by atoms with E-state index in [9.17, 15) is 0 Å². The molecular formula is C56H40N4O2. The molecule has 0 saturated heterocycles. The van der Waals surface area contributed by atoms with E-state index in [1.165, 1.54) is 43.8 Å². The van der Waals surface area contributed by atoms with Gasteiger partial charge in [-0.15, -0.1) is 0 Å². The number of hydrogen-bond acceptors (Lipinski definition) is 4. The third-order valence-electron chi connectivity index (χ3n) is 13.7. The van der Waals surface area contributed by atoms with Crippen LogP contribution < -0.4 is 9.47 Å². The van der Waals surface area contributed by atoms with Crippen LogP contribution in [0.25, 0.3) is 78.0 Å². The summed E-state index contributed by atoms with van der Waals surface area (Å²) in [6.07, 6.45) is 4.19. The summed E-state index contributed by atoms with van der Waals surface area (Å²) in [5.41, 5.74) is 17.7. The van der Waals surface area contributed by atoms with Crippen molar-refractivity contribution in [3.05, 3.63) is 203 Å². The number of nitrogens with zero attached hydrogens (tertiary/aromatic N) is 2. The van der Waals surface area contributed by atoms with Crippen molar-refractivity contribution >= 4 is 55.8 Å². The Balaban J connectivity index is 1.17. The average molecular weight is 801 g/mol. The fraction of sp³-hybridized carbons (Fsp3) is 0.107. The molecule has 0 amide bonds. The summed E-state index contributed by atoms with van der Waals surface area (Å²) in [6, 6.07) is 57.4. The predicted octanol–water partition coefficient (Wildman–Crippen LogP) is 13.3. The number of benzene rings is 6. The van der Waals surface area contributed by atoms with Gasteiger partial charge in [0.2, 0.25) is 0 Å². The zero-order valence-corrected chi connectivity index (χ0v) is 34.2. The van der Waals surface area contributed by atoms with Crippen LogP contribution in [0.15, 0.2) is 158 Å². The summed E-state index contributed by atoms with van der Waals surface area (Å²) < 4.78 is 11.6. The van der Waals surface area contributed by atoms with E-state index < -0.39 is 0 Å². The van der Waals surface area contributed by atoms with Crippen LogP contribution in [-0.2, 0) is 0 Å². The highest BCUT2D eigenvalue weighted by Crippen LogP contribution is 2.67. The van der Waals surface area contributed by atoms with Crippen LogP contribution >= 0.6 is 0 Å². The van der Waals surface area contributed by atoms with Crippen molar-refractivity contribution < 1.29 is 9.47 Å². The lowest BCUT2D eigenvalue weighted by Crippen LogP contribution is -2.35. The highest BCUT2D eigenvalue weighted by molar-refractivity contribution is 5.93. The first-order valence-electron chi connectivity index (χ1n) is 21.3. The lowest BCUT2D eigenvalue weighted by Gasteiger charge is -2.48. The molecular weight excluding hydrogens is 761 g/mol. The molecule has 62 heavy (non-hydrogen) atoms. The fourth-order valence-corrected chi connectivity index (χ4v) is 11.1. The van der Waals surface area contributed by atoms with Crippen LogP contribution in [0.4, 0.5) is 0 Å². The highest BCUT2D eigenvalue weighted by Gasteiger charge is 2.55. The van der Waals surface area contributed by atoms with Gasteiger partial charge in [-0.05, 0) is 128 Å². The number of aromatic amines is 2. The van der Waals surface area contributed by atoms with Gasteiger partial charge in [0, 0.05) is 62.6 Å². The molecule has 2 aliphatic heterocycles. The van der Waals surface area contributed by atoms with Gasteiger partial charge in [0.1, 0.15) is 11.5 Å². The number of hydrogen-bond donors (Lipinski definition) is 2. The molecule has 2 N–H and O–H groups in total. The Kier molecular flexibility index (Phi) is 7.59. The molecule has 2 unspecified atom stereocenters. The molecule has 14 rings (SSSR count). The molecule has 10 bridgehead atoms. The summed E-state index contributed by atoms with van der Waals surface area (Å²) in [5.74, 6) is 1.87. The molecule has 0 fully saturated rings. The molecule has 3 aliphatic carbocycles. The maximum absolute atomic E-state index is 5.91. The number of H-pyrrole nitrogens is 2. The molecule has 5 heterocycles. The van der Waals surface area contributed by atoms with Crippen molar-refractivity contribution in [2.75, 3.05) is 14.2 Å². The van der Waals surface area contributed by atoms with Gasteiger partial charge in [-0.2, -0.15) is 0 Å². The van der Waals surface area contributed by atoms with Gasteiger partial charge in [-0.1, -0.05) is 97.1 Å². The topological polar surface area (TPSA) is 75.8 Å². The zero-order valence-electron chi connectivity index (χ0n) is 34.2. The first kappa shape index (κ1) is 35.1. The Bertz CT molecular complexity index is 3470. The van der Waals surface area contributed by atoms with E-state index in [0.717, 1.165) is 78.6 Å². The van der Waals surface area contributed by atoms with E-state index in [4.69, 9.17) is 19.4 Å². The first-order chi connectivity index (χ1) is 30.6. The van der Waals surface area contributed by atoms with E-state index in [1.807, 2.05) is 18.2 Å². The SMILES string of the molecule is COc1cccc(-c2c3nc(cc4ccc([nH]4)c(-c4cccc(OC)c4)c4nc(cc5ccc2[nH]5)C2C5c6cc7ccccc7cc6C(c6cc7ccccc7cc65)C42)C=C3)c1. The monoisotopic (exact) mass is 800 g/mol. The van der Waals surface area contributed by atoms with Gasteiger partial charge >= 0.3 is 0 Å². The van der Waals surface area contributed by atoms with E-state index in [0.29, 0.717) is 0 Å². The van der Waals surface area contributed by atoms with E-state index in [-0.39, 0.29) is 23.7 Å². The normalized spacial score (nSPS) is 18.1. The first-order valence-corrected chi connectivity index (χ1v) is 21.3. The highest BCUT2D eigenvalue weighted by atomic mass is 16.5. The maximum atomic E-state index is 5.91. The maximum Gasteiger partial charge on any atom is 0.119 e. The lowest BCUT2D eigenvalue weighted by molar-refractivity contribution is 0.403. The van der Waals surface area contributed by atoms with Crippen LogP contribution in [0.3, 0.4) is 0 Å². The van der Waals surface area contributed by atoms with Gasteiger partial charge in [0.15, 0.2) is 0 Å². The van der Waals surface area contributed by atoms with Gasteiger partial charge in [0.25, 0.3) is 0 Å². The third kappa shape index (κ3) is 5.29. The number of fused-ring (bicyclic) bond motifs is 10. The summed E-state index contributed by atoms with van der Waals surface area (Å²) in [4.78, 5) is 18.8. The van der Waals surface area contributed by atoms with Gasteiger partial charge in [-0.25, -0.2) is 4.98 Å². The van der Waals surface area contributed by atoms with Crippen molar-refractivity contribution in [1.82, 2.24) is 19.9 Å². The van der Waals surface area contributed by atoms with Crippen molar-refractivity contribution in [2.24, 2.45) is 0 Å². The number of rotatable bonds is 4. The number of methoxy groups -OCH3 is 2. The predicted molar refractivity (Wildman–Crippen MR) is 251 cm³/mol. The fourth-order valence-electron chi connectivity index (χ4n) is 11.1. The summed E-state index contributed by atoms with van der Waals surface area (Å²) >= 11 is 0. The van der Waals surface area contributed by atoms with E-state index in [1.54, 1.807) is 14.2 Å². The molecule has 2 atom stereocenters. The number of aromatic nitrogens is 4. The molecule has 0 radical (unpaired) electrons. The molecule has 9 aromatic rings. The Morgan fingerprint density at radius 1 is 0.452 bits per heavy atom. The Morgan fingerprint density at radius 2 is 0.968 bits per heavy atom. The zero-order chi connectivity index (χ0) is 41.1. The largest absolute Gasteiger partial charge is 0.497 e. The van der Waals surface area contributed by atoms with Crippen LogP contribution in [-0.4, -0.2) is 34.2 Å². The molecule has 6 aromatic carbocycles. The lowest BCUT2D eigenvalue weighted by atomic mass is 9.53. The van der Waals surface area contributed by atoms with Crippen LogP contribution in [0.5, 0.6) is 11.5 Å². The minimum atomic E-state index is 0.0494. The molecule has 5 aliphatic rings. The minimum Gasteiger partial charge on any atom is -0.497 e. The van der Waals surface area contributed by atoms with Crippen LogP contribution in [0.2, 0.25) is 0 Å². The molecule has 6 heteroatoms. The van der Waals surface area contributed by atoms with Gasteiger partial charge in [0.05, 0.1) is 31.3 Å². The van der Waals surface area contributed by atoms with Crippen LogP contribution in [0.1, 0.15) is 68.7 Å². The standard InChI is InChI=1S/C56H40N4O2/c1-61-40-15-7-13-35(23-40)50-46-20-17-37(57-46)29-38-18-22-48(58-38)51(36-14-8-16-41(24-36)62-2)56-55-53-44-27-33-11-5-3-9-31(33)25-42(44)52(43-26-32-10-4-6-12-34(32)28-45(43)53)54(55)49(60-56)30-39-19-21-47(50)59-39/h3-30,52-55,58-59H,1-2H3. The average Bonchev–Trinajstić information content (AvgIpc) is 4.14. The molecule has 0 saturated carbocycles. The number of nitrogens with one attached hydrogen (secondary N) is 2. The Morgan fingerprint density at radius 3 is 1.53 bits per heavy atom. The quantitative estimate of drug-likeness (QED) is 0.186. The molecule has 0 spiro atoms.